The minimum atomic E-state index is -1.36. The van der Waals surface area contributed by atoms with Gasteiger partial charge in [-0.15, -0.1) is 0 Å². The first-order valence-corrected chi connectivity index (χ1v) is 16.6. The zero-order valence-electron chi connectivity index (χ0n) is 29.2. The summed E-state index contributed by atoms with van der Waals surface area (Å²) in [6, 6.07) is 18.1. The molecule has 14 nitrogen and oxygen atoms in total. The van der Waals surface area contributed by atoms with Crippen LogP contribution in [0.5, 0.6) is 5.75 Å². The molecule has 3 aromatic carbocycles. The minimum absolute atomic E-state index is 0.0131. The molecule has 4 rings (SSSR count). The molecule has 0 aliphatic carbocycles. The van der Waals surface area contributed by atoms with Crippen LogP contribution in [0.15, 0.2) is 85.1 Å². The van der Waals surface area contributed by atoms with E-state index >= 15 is 0 Å². The molecule has 0 bridgehead atoms. The van der Waals surface area contributed by atoms with Crippen molar-refractivity contribution < 1.29 is 43.3 Å². The molecule has 3 atom stereocenters. The van der Waals surface area contributed by atoms with Crippen LogP contribution in [-0.4, -0.2) is 69.6 Å². The van der Waals surface area contributed by atoms with Crippen molar-refractivity contribution in [3.8, 4) is 5.75 Å². The molecular formula is C38H43N5O9. The average Bonchev–Trinajstić information content (AvgIpc) is 3.46. The number of esters is 1. The van der Waals surface area contributed by atoms with Gasteiger partial charge in [0.05, 0.1) is 5.52 Å². The summed E-state index contributed by atoms with van der Waals surface area (Å²) >= 11 is 0. The van der Waals surface area contributed by atoms with Crippen molar-refractivity contribution in [3.63, 3.8) is 0 Å². The van der Waals surface area contributed by atoms with Crippen LogP contribution >= 0.6 is 0 Å². The van der Waals surface area contributed by atoms with Crippen molar-refractivity contribution in [1.82, 2.24) is 20.5 Å². The molecule has 0 radical (unpaired) electrons. The monoisotopic (exact) mass is 713 g/mol. The molecule has 0 fully saturated rings. The Kier molecular flexibility index (Phi) is 13.1. The lowest BCUT2D eigenvalue weighted by atomic mass is 10.0. The Morgan fingerprint density at radius 3 is 2.10 bits per heavy atom. The average molecular weight is 714 g/mol. The van der Waals surface area contributed by atoms with E-state index in [-0.39, 0.29) is 38.0 Å². The summed E-state index contributed by atoms with van der Waals surface area (Å²) in [5.74, 6) is -3.06. The van der Waals surface area contributed by atoms with Crippen LogP contribution < -0.4 is 21.7 Å². The molecule has 0 unspecified atom stereocenters. The predicted octanol–water partition coefficient (Wildman–Crippen LogP) is 3.04. The van der Waals surface area contributed by atoms with Gasteiger partial charge in [0.2, 0.25) is 24.1 Å². The smallest absolute Gasteiger partial charge is 0.408 e. The van der Waals surface area contributed by atoms with E-state index in [0.717, 1.165) is 5.56 Å². The fraction of sp³-hybridized carbons (Fsp3) is 0.316. The quantitative estimate of drug-likeness (QED) is 0.0853. The summed E-state index contributed by atoms with van der Waals surface area (Å²) in [4.78, 5) is 77.7. The minimum Gasteiger partial charge on any atom is -0.508 e. The molecule has 274 valence electrons. The maximum absolute atomic E-state index is 14.2. The number of alkyl carbamates (subject to hydrolysis) is 1. The molecule has 0 aliphatic heterocycles. The number of nitrogens with zero attached hydrogens (tertiary/aromatic N) is 1. The van der Waals surface area contributed by atoms with E-state index in [9.17, 15) is 33.9 Å². The van der Waals surface area contributed by atoms with Crippen LogP contribution in [0.4, 0.5) is 4.79 Å². The van der Waals surface area contributed by atoms with E-state index < -0.39 is 53.5 Å². The van der Waals surface area contributed by atoms with Gasteiger partial charge in [0, 0.05) is 30.8 Å². The molecule has 0 aliphatic rings. The van der Waals surface area contributed by atoms with Gasteiger partial charge in [-0.2, -0.15) is 0 Å². The highest BCUT2D eigenvalue weighted by molar-refractivity contribution is 5.95. The number of para-hydroxylation sites is 1. The van der Waals surface area contributed by atoms with E-state index in [1.165, 1.54) is 22.9 Å². The Balaban J connectivity index is 1.66. The second-order valence-corrected chi connectivity index (χ2v) is 13.2. The van der Waals surface area contributed by atoms with E-state index in [0.29, 0.717) is 28.4 Å². The van der Waals surface area contributed by atoms with Crippen molar-refractivity contribution in [3.05, 3.63) is 102 Å². The third kappa shape index (κ3) is 11.4. The largest absolute Gasteiger partial charge is 0.508 e. The molecule has 0 spiro atoms. The number of carbonyl (C=O) groups excluding carboxylic acids is 6. The summed E-state index contributed by atoms with van der Waals surface area (Å²) in [6.45, 7) is 4.85. The lowest BCUT2D eigenvalue weighted by molar-refractivity contribution is -0.149. The van der Waals surface area contributed by atoms with E-state index in [2.05, 4.69) is 16.0 Å². The number of carbonyl (C=O) groups is 6. The van der Waals surface area contributed by atoms with Crippen molar-refractivity contribution in [2.75, 3.05) is 0 Å². The third-order valence-electron chi connectivity index (χ3n) is 7.88. The molecule has 6 N–H and O–H groups in total. The molecule has 0 saturated heterocycles. The second kappa shape index (κ2) is 17.7. The maximum atomic E-state index is 14.2. The number of rotatable bonds is 16. The number of aromatic nitrogens is 1. The number of nitrogens with two attached hydrogens (primary N) is 1. The molecule has 14 heteroatoms. The molecular weight excluding hydrogens is 670 g/mol. The molecule has 0 saturated carbocycles. The summed E-state index contributed by atoms with van der Waals surface area (Å²) in [5.41, 5.74) is 6.86. The number of primary amides is 1. The highest BCUT2D eigenvalue weighted by atomic mass is 16.6. The number of hydrogen-bond donors (Lipinski definition) is 5. The van der Waals surface area contributed by atoms with Crippen LogP contribution in [0.1, 0.15) is 50.3 Å². The Morgan fingerprint density at radius 2 is 1.44 bits per heavy atom. The van der Waals surface area contributed by atoms with Gasteiger partial charge in [-0.3, -0.25) is 23.7 Å². The first-order chi connectivity index (χ1) is 24.7. The summed E-state index contributed by atoms with van der Waals surface area (Å²) < 4.78 is 12.2. The summed E-state index contributed by atoms with van der Waals surface area (Å²) in [5, 5.41) is 18.3. The number of nitrogens with one attached hydrogen (secondary N) is 3. The lowest BCUT2D eigenvalue weighted by Crippen LogP contribution is -2.57. The molecule has 1 aromatic heterocycles. The van der Waals surface area contributed by atoms with Crippen molar-refractivity contribution >= 4 is 47.1 Å². The van der Waals surface area contributed by atoms with E-state index in [1.807, 2.05) is 6.07 Å². The number of fused-ring (bicyclic) bond motifs is 1. The number of hydrogen-bond acceptors (Lipinski definition) is 9. The topological polar surface area (TPSA) is 208 Å². The number of benzene rings is 3. The molecule has 4 amide bonds. The maximum Gasteiger partial charge on any atom is 0.408 e. The predicted molar refractivity (Wildman–Crippen MR) is 191 cm³/mol. The second-order valence-electron chi connectivity index (χ2n) is 13.2. The summed E-state index contributed by atoms with van der Waals surface area (Å²) in [7, 11) is 0. The number of amides is 4. The van der Waals surface area contributed by atoms with Crippen molar-refractivity contribution in [1.29, 1.82) is 0 Å². The highest BCUT2D eigenvalue weighted by Crippen LogP contribution is 2.22. The van der Waals surface area contributed by atoms with Crippen LogP contribution in [0.3, 0.4) is 0 Å². The Hall–Kier alpha value is -6.18. The van der Waals surface area contributed by atoms with E-state index in [4.69, 9.17) is 15.2 Å². The van der Waals surface area contributed by atoms with Crippen LogP contribution in [-0.2, 0) is 52.9 Å². The standard InChI is InChI=1S/C38H43N5O9/c1-38(2,3)52-37(50)42-29(17-18-33(39)46)34(47)40-30(20-26-21-43(23-44)32-12-8-7-11-28(26)32)35(48)41-31(19-24-13-15-27(45)16-14-24)36(49)51-22-25-9-5-4-6-10-25/h4-16,21,23,29-31,45H,17-20,22H2,1-3H3,(H2,39,46)(H,40,47)(H,41,48)(H,42,50)/t29-,30+,31-/m0/s1. The summed E-state index contributed by atoms with van der Waals surface area (Å²) in [6.07, 6.45) is 0.595. The van der Waals surface area contributed by atoms with Gasteiger partial charge in [0.1, 0.15) is 36.1 Å². The zero-order chi connectivity index (χ0) is 37.8. The number of phenols is 1. The van der Waals surface area contributed by atoms with Gasteiger partial charge in [-0.25, -0.2) is 9.59 Å². The Bertz CT molecular complexity index is 1880. The van der Waals surface area contributed by atoms with Crippen LogP contribution in [0.25, 0.3) is 10.9 Å². The number of ether oxygens (including phenoxy) is 2. The Labute approximate surface area is 300 Å². The fourth-order valence-electron chi connectivity index (χ4n) is 5.40. The normalized spacial score (nSPS) is 12.9. The SMILES string of the molecule is CC(C)(C)OC(=O)N[C@@H](CCC(N)=O)C(=O)N[C@H](Cc1cn(C=O)c2ccccc12)C(=O)N[C@@H](Cc1ccc(O)cc1)C(=O)OCc1ccccc1. The molecule has 52 heavy (non-hydrogen) atoms. The molecule has 4 aromatic rings. The van der Waals surface area contributed by atoms with Crippen molar-refractivity contribution in [2.45, 2.75) is 76.8 Å². The van der Waals surface area contributed by atoms with Gasteiger partial charge in [-0.1, -0.05) is 60.7 Å². The number of phenolic OH excluding ortho intramolecular Hbond substituents is 1. The zero-order valence-corrected chi connectivity index (χ0v) is 29.2. The highest BCUT2D eigenvalue weighted by Gasteiger charge is 2.32. The van der Waals surface area contributed by atoms with Gasteiger partial charge >= 0.3 is 12.1 Å². The van der Waals surface area contributed by atoms with Gasteiger partial charge in [0.15, 0.2) is 0 Å². The van der Waals surface area contributed by atoms with Gasteiger partial charge < -0.3 is 36.3 Å². The van der Waals surface area contributed by atoms with E-state index in [1.54, 1.807) is 81.4 Å². The third-order valence-corrected chi connectivity index (χ3v) is 7.88. The first kappa shape index (κ1) is 38.6. The van der Waals surface area contributed by atoms with Gasteiger partial charge in [-0.05, 0) is 62.1 Å². The van der Waals surface area contributed by atoms with Crippen LogP contribution in [0, 0.1) is 0 Å². The Morgan fingerprint density at radius 1 is 0.808 bits per heavy atom. The number of aromatic hydroxyl groups is 1. The fourth-order valence-corrected chi connectivity index (χ4v) is 5.40. The van der Waals surface area contributed by atoms with Crippen LogP contribution in [0.2, 0.25) is 0 Å². The first-order valence-electron chi connectivity index (χ1n) is 16.6. The van der Waals surface area contributed by atoms with Gasteiger partial charge in [0.25, 0.3) is 0 Å². The molecule has 1 heterocycles. The van der Waals surface area contributed by atoms with Crippen molar-refractivity contribution in [2.24, 2.45) is 5.73 Å². The lowest BCUT2D eigenvalue weighted by Gasteiger charge is -2.26.